The molecule has 29 heavy (non-hydrogen) atoms. The van der Waals surface area contributed by atoms with Crippen LogP contribution in [-0.4, -0.2) is 71.3 Å². The lowest BCUT2D eigenvalue weighted by Crippen LogP contribution is -2.50. The summed E-state index contributed by atoms with van der Waals surface area (Å²) in [6, 6.07) is 15.5. The van der Waals surface area contributed by atoms with Gasteiger partial charge in [0.05, 0.1) is 6.04 Å². The molecule has 2 aliphatic heterocycles. The number of hydrogen-bond donors (Lipinski definition) is 1. The van der Waals surface area contributed by atoms with Gasteiger partial charge in [0.15, 0.2) is 0 Å². The fourth-order valence-corrected chi connectivity index (χ4v) is 4.49. The Bertz CT molecular complexity index is 1080. The minimum Gasteiger partial charge on any atom is -0.361 e. The molecular formula is C23H24N4O2. The summed E-state index contributed by atoms with van der Waals surface area (Å²) >= 11 is 0. The summed E-state index contributed by atoms with van der Waals surface area (Å²) in [5.41, 5.74) is 3.72. The molecule has 2 aliphatic rings. The molecule has 6 nitrogen and oxygen atoms in total. The Labute approximate surface area is 169 Å². The number of rotatable bonds is 3. The molecule has 0 aliphatic carbocycles. The Hall–Kier alpha value is -3.12. The highest BCUT2D eigenvalue weighted by atomic mass is 16.2. The van der Waals surface area contributed by atoms with Gasteiger partial charge in [-0.15, -0.1) is 0 Å². The minimum atomic E-state index is -0.258. The number of likely N-dealkylation sites (N-methyl/N-ethyl adjacent to an activating group) is 1. The van der Waals surface area contributed by atoms with Gasteiger partial charge in [-0.1, -0.05) is 36.4 Å². The highest BCUT2D eigenvalue weighted by molar-refractivity contribution is 6.02. The van der Waals surface area contributed by atoms with E-state index in [1.54, 1.807) is 4.90 Å². The first-order chi connectivity index (χ1) is 14.1. The molecule has 5 rings (SSSR count). The van der Waals surface area contributed by atoms with Crippen molar-refractivity contribution in [2.75, 3.05) is 39.8 Å². The van der Waals surface area contributed by atoms with Gasteiger partial charge in [0, 0.05) is 54.4 Å². The Kier molecular flexibility index (Phi) is 4.36. The van der Waals surface area contributed by atoms with Gasteiger partial charge < -0.3 is 19.7 Å². The van der Waals surface area contributed by atoms with Crippen molar-refractivity contribution in [2.24, 2.45) is 0 Å². The quantitative estimate of drug-likeness (QED) is 0.750. The second-order valence-corrected chi connectivity index (χ2v) is 7.90. The van der Waals surface area contributed by atoms with Gasteiger partial charge in [-0.2, -0.15) is 0 Å². The molecule has 0 saturated carbocycles. The summed E-state index contributed by atoms with van der Waals surface area (Å²) in [6.07, 6.45) is 1.97. The molecule has 1 fully saturated rings. The first-order valence-electron chi connectivity index (χ1n) is 10.1. The number of nitrogens with one attached hydrogen (secondary N) is 1. The standard InChI is InChI=1S/C23H24N4O2/c1-25-10-12-26(13-11-25)21(28)15-27-22(17-7-2-3-8-18(17)23(27)29)19-14-24-20-9-5-4-6-16(19)20/h2-9,14,22,24H,10-13,15H2,1H3. The van der Waals surface area contributed by atoms with Crippen LogP contribution < -0.4 is 0 Å². The summed E-state index contributed by atoms with van der Waals surface area (Å²) < 4.78 is 0. The molecule has 6 heteroatoms. The van der Waals surface area contributed by atoms with Crippen molar-refractivity contribution in [3.05, 3.63) is 71.4 Å². The Morgan fingerprint density at radius 3 is 2.55 bits per heavy atom. The summed E-state index contributed by atoms with van der Waals surface area (Å²) in [4.78, 5) is 35.4. The fraction of sp³-hybridized carbons (Fsp3) is 0.304. The Balaban J connectivity index is 1.51. The van der Waals surface area contributed by atoms with Crippen molar-refractivity contribution < 1.29 is 9.59 Å². The molecular weight excluding hydrogens is 364 g/mol. The molecule has 3 aromatic rings. The summed E-state index contributed by atoms with van der Waals surface area (Å²) in [6.45, 7) is 3.25. The smallest absolute Gasteiger partial charge is 0.255 e. The van der Waals surface area contributed by atoms with Gasteiger partial charge >= 0.3 is 0 Å². The van der Waals surface area contributed by atoms with Gasteiger partial charge in [0.2, 0.25) is 5.91 Å². The predicted octanol–water partition coefficient (Wildman–Crippen LogP) is 2.49. The number of aromatic nitrogens is 1. The molecule has 2 amide bonds. The Morgan fingerprint density at radius 2 is 1.72 bits per heavy atom. The van der Waals surface area contributed by atoms with Crippen molar-refractivity contribution >= 4 is 22.7 Å². The van der Waals surface area contributed by atoms with Gasteiger partial charge in [0.25, 0.3) is 5.91 Å². The molecule has 1 N–H and O–H groups in total. The van der Waals surface area contributed by atoms with Gasteiger partial charge in [-0.25, -0.2) is 0 Å². The van der Waals surface area contributed by atoms with E-state index in [4.69, 9.17) is 0 Å². The summed E-state index contributed by atoms with van der Waals surface area (Å²) in [5.74, 6) is -0.0533. The molecule has 1 aromatic heterocycles. The molecule has 148 valence electrons. The number of aromatic amines is 1. The average Bonchev–Trinajstić information content (AvgIpc) is 3.28. The van der Waals surface area contributed by atoms with Crippen LogP contribution >= 0.6 is 0 Å². The third kappa shape index (κ3) is 3.00. The number of carbonyl (C=O) groups excluding carboxylic acids is 2. The van der Waals surface area contributed by atoms with E-state index in [-0.39, 0.29) is 24.4 Å². The molecule has 1 saturated heterocycles. The monoisotopic (exact) mass is 388 g/mol. The molecule has 1 atom stereocenters. The highest BCUT2D eigenvalue weighted by Gasteiger charge is 2.40. The van der Waals surface area contributed by atoms with Crippen LogP contribution in [0, 0.1) is 0 Å². The maximum Gasteiger partial charge on any atom is 0.255 e. The first-order valence-corrected chi connectivity index (χ1v) is 10.1. The van der Waals surface area contributed by atoms with Crippen LogP contribution in [0.5, 0.6) is 0 Å². The number of piperazine rings is 1. The van der Waals surface area contributed by atoms with Gasteiger partial charge in [-0.3, -0.25) is 9.59 Å². The van der Waals surface area contributed by atoms with E-state index in [9.17, 15) is 9.59 Å². The lowest BCUT2D eigenvalue weighted by molar-refractivity contribution is -0.133. The van der Waals surface area contributed by atoms with Crippen LogP contribution in [0.15, 0.2) is 54.7 Å². The average molecular weight is 388 g/mol. The van der Waals surface area contributed by atoms with E-state index >= 15 is 0 Å². The lowest BCUT2D eigenvalue weighted by atomic mass is 9.97. The maximum atomic E-state index is 13.2. The summed E-state index contributed by atoms with van der Waals surface area (Å²) in [5, 5.41) is 1.08. The van der Waals surface area contributed by atoms with Crippen molar-refractivity contribution in [3.63, 3.8) is 0 Å². The third-order valence-electron chi connectivity index (χ3n) is 6.14. The number of benzene rings is 2. The number of amides is 2. The van der Waals surface area contributed by atoms with Crippen molar-refractivity contribution in [2.45, 2.75) is 6.04 Å². The molecule has 0 radical (unpaired) electrons. The third-order valence-corrected chi connectivity index (χ3v) is 6.14. The zero-order valence-electron chi connectivity index (χ0n) is 16.5. The summed E-state index contributed by atoms with van der Waals surface area (Å²) in [7, 11) is 2.06. The molecule has 0 bridgehead atoms. The van der Waals surface area contributed by atoms with E-state index in [0.717, 1.165) is 35.1 Å². The van der Waals surface area contributed by atoms with Crippen molar-refractivity contribution in [1.29, 1.82) is 0 Å². The van der Waals surface area contributed by atoms with Crippen LogP contribution in [0.4, 0.5) is 0 Å². The topological polar surface area (TPSA) is 59.6 Å². The largest absolute Gasteiger partial charge is 0.361 e. The maximum absolute atomic E-state index is 13.2. The second kappa shape index (κ2) is 7.04. The number of nitrogens with zero attached hydrogens (tertiary/aromatic N) is 3. The Morgan fingerprint density at radius 1 is 1.00 bits per heavy atom. The van der Waals surface area contributed by atoms with Crippen molar-refractivity contribution in [3.8, 4) is 0 Å². The number of para-hydroxylation sites is 1. The normalized spacial score (nSPS) is 19.8. The highest BCUT2D eigenvalue weighted by Crippen LogP contribution is 2.40. The minimum absolute atomic E-state index is 0.0177. The van der Waals surface area contributed by atoms with Crippen LogP contribution in [0.3, 0.4) is 0 Å². The number of H-pyrrole nitrogens is 1. The number of hydrogen-bond acceptors (Lipinski definition) is 3. The van der Waals surface area contributed by atoms with E-state index < -0.39 is 0 Å². The van der Waals surface area contributed by atoms with E-state index in [1.807, 2.05) is 53.6 Å². The fourth-order valence-electron chi connectivity index (χ4n) is 4.49. The number of carbonyl (C=O) groups is 2. The van der Waals surface area contributed by atoms with Crippen LogP contribution in [0.1, 0.15) is 27.5 Å². The van der Waals surface area contributed by atoms with E-state index in [0.29, 0.717) is 18.7 Å². The zero-order chi connectivity index (χ0) is 20.0. The van der Waals surface area contributed by atoms with Crippen molar-refractivity contribution in [1.82, 2.24) is 19.7 Å². The molecule has 3 heterocycles. The molecule has 2 aromatic carbocycles. The van der Waals surface area contributed by atoms with E-state index in [1.165, 1.54) is 0 Å². The predicted molar refractivity (Wildman–Crippen MR) is 112 cm³/mol. The van der Waals surface area contributed by atoms with E-state index in [2.05, 4.69) is 23.0 Å². The van der Waals surface area contributed by atoms with Gasteiger partial charge in [0.1, 0.15) is 6.54 Å². The van der Waals surface area contributed by atoms with Crippen LogP contribution in [-0.2, 0) is 4.79 Å². The SMILES string of the molecule is CN1CCN(C(=O)CN2C(=O)c3ccccc3C2c2c[nH]c3ccccc23)CC1. The molecule has 1 unspecified atom stereocenters. The second-order valence-electron chi connectivity index (χ2n) is 7.90. The van der Waals surface area contributed by atoms with Crippen LogP contribution in [0.25, 0.3) is 10.9 Å². The zero-order valence-corrected chi connectivity index (χ0v) is 16.5. The lowest BCUT2D eigenvalue weighted by Gasteiger charge is -2.34. The van der Waals surface area contributed by atoms with Crippen LogP contribution in [0.2, 0.25) is 0 Å². The number of fused-ring (bicyclic) bond motifs is 2. The molecule has 0 spiro atoms. The first kappa shape index (κ1) is 17.9. The van der Waals surface area contributed by atoms with Gasteiger partial charge in [-0.05, 0) is 24.7 Å².